The minimum Gasteiger partial charge on any atom is -0.480 e. The maximum absolute atomic E-state index is 11.4. The van der Waals surface area contributed by atoms with Crippen molar-refractivity contribution >= 4 is 21.7 Å². The van der Waals surface area contributed by atoms with Gasteiger partial charge in [0.2, 0.25) is 5.91 Å². The van der Waals surface area contributed by atoms with Gasteiger partial charge in [0, 0.05) is 19.2 Å². The Labute approximate surface area is 88.8 Å². The summed E-state index contributed by atoms with van der Waals surface area (Å²) in [6.07, 6.45) is 0.869. The number of carboxylic acid groups (broad SMARTS) is 1. The van der Waals surface area contributed by atoms with Crippen LogP contribution in [0.25, 0.3) is 0 Å². The molecule has 0 aromatic rings. The summed E-state index contributed by atoms with van der Waals surface area (Å²) in [5.74, 6) is -1.81. The molecular formula is C8H15NO5S. The molecule has 1 amide bonds. The molecule has 88 valence electrons. The molecule has 7 heteroatoms. The molecule has 0 bridgehead atoms. The molecule has 0 aromatic carbocycles. The maximum atomic E-state index is 11.4. The Hall–Kier alpha value is -1.11. The Bertz CT molecular complexity index is 335. The molecule has 0 aliphatic rings. The molecule has 0 aliphatic carbocycles. The second-order valence-electron chi connectivity index (χ2n) is 3.18. The second kappa shape index (κ2) is 5.69. The Balaban J connectivity index is 4.22. The van der Waals surface area contributed by atoms with Gasteiger partial charge in [0.25, 0.3) is 0 Å². The average Bonchev–Trinajstić information content (AvgIpc) is 2.08. The predicted molar refractivity (Wildman–Crippen MR) is 54.2 cm³/mol. The van der Waals surface area contributed by atoms with Crippen molar-refractivity contribution < 1.29 is 23.1 Å². The molecule has 0 radical (unpaired) electrons. The Morgan fingerprint density at radius 2 is 1.87 bits per heavy atom. The lowest BCUT2D eigenvalue weighted by Gasteiger charge is -2.17. The van der Waals surface area contributed by atoms with Crippen molar-refractivity contribution in [1.82, 2.24) is 4.90 Å². The van der Waals surface area contributed by atoms with Crippen molar-refractivity contribution in [1.29, 1.82) is 0 Å². The van der Waals surface area contributed by atoms with Crippen molar-refractivity contribution in [2.24, 2.45) is 0 Å². The number of carbonyl (C=O) groups is 2. The molecule has 0 saturated heterocycles. The first-order valence-corrected chi connectivity index (χ1v) is 6.49. The fourth-order valence-electron chi connectivity index (χ4n) is 0.970. The van der Waals surface area contributed by atoms with Crippen molar-refractivity contribution in [3.63, 3.8) is 0 Å². The highest BCUT2D eigenvalue weighted by molar-refractivity contribution is 7.90. The van der Waals surface area contributed by atoms with Gasteiger partial charge >= 0.3 is 5.97 Å². The first-order valence-electron chi connectivity index (χ1n) is 4.43. The zero-order valence-electron chi connectivity index (χ0n) is 8.76. The van der Waals surface area contributed by atoms with Gasteiger partial charge in [-0.05, 0) is 6.92 Å². The van der Waals surface area contributed by atoms with Crippen LogP contribution in [0.5, 0.6) is 0 Å². The molecule has 1 N–H and O–H groups in total. The standard InChI is InChI=1S/C8H15NO5S/c1-3-9(6-8(11)12)7(10)4-5-15(2,13)14/h3-6H2,1-2H3,(H,11,12). The number of hydrogen-bond acceptors (Lipinski definition) is 4. The quantitative estimate of drug-likeness (QED) is 0.663. The highest BCUT2D eigenvalue weighted by Crippen LogP contribution is 1.97. The molecule has 0 spiro atoms. The highest BCUT2D eigenvalue weighted by atomic mass is 32.2. The summed E-state index contributed by atoms with van der Waals surface area (Å²) in [5.41, 5.74) is 0. The van der Waals surface area contributed by atoms with E-state index in [9.17, 15) is 18.0 Å². The number of sulfone groups is 1. The van der Waals surface area contributed by atoms with Gasteiger partial charge in [0.1, 0.15) is 16.4 Å². The van der Waals surface area contributed by atoms with Crippen LogP contribution in [0.2, 0.25) is 0 Å². The minimum absolute atomic E-state index is 0.167. The van der Waals surface area contributed by atoms with E-state index in [1.807, 2.05) is 0 Å². The van der Waals surface area contributed by atoms with E-state index in [1.54, 1.807) is 6.92 Å². The molecule has 0 aromatic heterocycles. The van der Waals surface area contributed by atoms with E-state index in [1.165, 1.54) is 0 Å². The Morgan fingerprint density at radius 1 is 1.33 bits per heavy atom. The predicted octanol–water partition coefficient (Wildman–Crippen LogP) is -0.646. The molecule has 15 heavy (non-hydrogen) atoms. The molecule has 0 fully saturated rings. The summed E-state index contributed by atoms with van der Waals surface area (Å²) >= 11 is 0. The van der Waals surface area contributed by atoms with E-state index >= 15 is 0 Å². The molecule has 0 rings (SSSR count). The first kappa shape index (κ1) is 13.9. The normalized spacial score (nSPS) is 11.1. The van der Waals surface area contributed by atoms with Crippen LogP contribution in [0, 0.1) is 0 Å². The number of hydrogen-bond donors (Lipinski definition) is 1. The van der Waals surface area contributed by atoms with Crippen LogP contribution in [0.1, 0.15) is 13.3 Å². The smallest absolute Gasteiger partial charge is 0.323 e. The van der Waals surface area contributed by atoms with Gasteiger partial charge in [-0.25, -0.2) is 8.42 Å². The summed E-state index contributed by atoms with van der Waals surface area (Å²) in [4.78, 5) is 22.8. The summed E-state index contributed by atoms with van der Waals surface area (Å²) in [6, 6.07) is 0. The van der Waals surface area contributed by atoms with Crippen LogP contribution < -0.4 is 0 Å². The number of nitrogens with zero attached hydrogens (tertiary/aromatic N) is 1. The number of carbonyl (C=O) groups excluding carboxylic acids is 1. The van der Waals surface area contributed by atoms with Gasteiger partial charge in [-0.3, -0.25) is 9.59 Å². The van der Waals surface area contributed by atoms with Crippen LogP contribution in [-0.4, -0.2) is 55.4 Å². The van der Waals surface area contributed by atoms with Gasteiger partial charge in [-0.1, -0.05) is 0 Å². The van der Waals surface area contributed by atoms with E-state index in [4.69, 9.17) is 5.11 Å². The molecule has 0 unspecified atom stereocenters. The third-order valence-corrected chi connectivity index (χ3v) is 2.69. The fourth-order valence-corrected chi connectivity index (χ4v) is 1.52. The van der Waals surface area contributed by atoms with E-state index in [0.29, 0.717) is 0 Å². The number of aliphatic carboxylic acids is 1. The van der Waals surface area contributed by atoms with Crippen LogP contribution in [0.4, 0.5) is 0 Å². The van der Waals surface area contributed by atoms with Gasteiger partial charge < -0.3 is 10.0 Å². The third kappa shape index (κ3) is 6.89. The van der Waals surface area contributed by atoms with E-state index in [-0.39, 0.29) is 25.3 Å². The summed E-state index contributed by atoms with van der Waals surface area (Å²) in [5, 5.41) is 8.48. The molecule has 6 nitrogen and oxygen atoms in total. The highest BCUT2D eigenvalue weighted by Gasteiger charge is 2.16. The van der Waals surface area contributed by atoms with Gasteiger partial charge in [0.05, 0.1) is 5.75 Å². The van der Waals surface area contributed by atoms with Crippen LogP contribution in [0.3, 0.4) is 0 Å². The van der Waals surface area contributed by atoms with Crippen LogP contribution in [0.15, 0.2) is 0 Å². The zero-order valence-corrected chi connectivity index (χ0v) is 9.58. The fraction of sp³-hybridized carbons (Fsp3) is 0.750. The van der Waals surface area contributed by atoms with Crippen molar-refractivity contribution in [2.45, 2.75) is 13.3 Å². The van der Waals surface area contributed by atoms with Gasteiger partial charge in [-0.2, -0.15) is 0 Å². The number of likely N-dealkylation sites (N-methyl/N-ethyl adjacent to an activating group) is 1. The third-order valence-electron chi connectivity index (χ3n) is 1.75. The lowest BCUT2D eigenvalue weighted by atomic mass is 10.4. The summed E-state index contributed by atoms with van der Waals surface area (Å²) < 4.78 is 21.6. The number of carboxylic acids is 1. The van der Waals surface area contributed by atoms with E-state index in [0.717, 1.165) is 11.2 Å². The minimum atomic E-state index is -3.18. The van der Waals surface area contributed by atoms with Crippen LogP contribution >= 0.6 is 0 Å². The number of amides is 1. The summed E-state index contributed by atoms with van der Waals surface area (Å²) in [6.45, 7) is 1.51. The zero-order chi connectivity index (χ0) is 12.1. The molecular weight excluding hydrogens is 222 g/mol. The van der Waals surface area contributed by atoms with E-state index in [2.05, 4.69) is 0 Å². The Morgan fingerprint density at radius 3 is 2.20 bits per heavy atom. The topological polar surface area (TPSA) is 91.8 Å². The molecule has 0 atom stereocenters. The average molecular weight is 237 g/mol. The first-order chi connectivity index (χ1) is 6.76. The summed E-state index contributed by atoms with van der Waals surface area (Å²) in [7, 11) is -3.18. The largest absolute Gasteiger partial charge is 0.480 e. The molecule has 0 saturated carbocycles. The molecule has 0 aliphatic heterocycles. The maximum Gasteiger partial charge on any atom is 0.323 e. The SMILES string of the molecule is CCN(CC(=O)O)C(=O)CCS(C)(=O)=O. The van der Waals surface area contributed by atoms with Gasteiger partial charge in [0.15, 0.2) is 0 Å². The van der Waals surface area contributed by atoms with Gasteiger partial charge in [-0.15, -0.1) is 0 Å². The van der Waals surface area contributed by atoms with E-state index < -0.39 is 21.7 Å². The lowest BCUT2D eigenvalue weighted by molar-refractivity contribution is -0.144. The number of rotatable bonds is 6. The Kier molecular flexibility index (Phi) is 5.27. The van der Waals surface area contributed by atoms with Crippen molar-refractivity contribution in [3.8, 4) is 0 Å². The monoisotopic (exact) mass is 237 g/mol. The van der Waals surface area contributed by atoms with Crippen molar-refractivity contribution in [3.05, 3.63) is 0 Å². The van der Waals surface area contributed by atoms with Crippen LogP contribution in [-0.2, 0) is 19.4 Å². The molecule has 0 heterocycles. The lowest BCUT2D eigenvalue weighted by Crippen LogP contribution is -2.36. The van der Waals surface area contributed by atoms with Crippen molar-refractivity contribution in [2.75, 3.05) is 25.1 Å². The second-order valence-corrected chi connectivity index (χ2v) is 5.44.